The number of hydrogen-bond donors (Lipinski definition) is 0. The van der Waals surface area contributed by atoms with Crippen molar-refractivity contribution in [1.29, 1.82) is 0 Å². The van der Waals surface area contributed by atoms with Crippen LogP contribution in [-0.2, 0) is 12.8 Å². The third-order valence-electron chi connectivity index (χ3n) is 3.51. The molecule has 0 N–H and O–H groups in total. The van der Waals surface area contributed by atoms with Crippen LogP contribution in [-0.4, -0.2) is 0 Å². The van der Waals surface area contributed by atoms with Crippen molar-refractivity contribution in [2.75, 3.05) is 0 Å². The minimum Gasteiger partial charge on any atom is -0.117 e. The quantitative estimate of drug-likeness (QED) is 0.591. The lowest BCUT2D eigenvalue weighted by atomic mass is 9.96. The molecule has 2 unspecified atom stereocenters. The molecule has 0 fully saturated rings. The molecule has 0 heterocycles. The maximum Gasteiger partial charge on any atom is 0.0625 e. The van der Waals surface area contributed by atoms with E-state index in [1.165, 1.54) is 22.3 Å². The van der Waals surface area contributed by atoms with Crippen molar-refractivity contribution < 1.29 is 0 Å². The summed E-state index contributed by atoms with van der Waals surface area (Å²) in [6.45, 7) is 0. The number of alkyl halides is 2. The maximum atomic E-state index is 6.45. The van der Waals surface area contributed by atoms with E-state index < -0.39 is 0 Å². The van der Waals surface area contributed by atoms with Gasteiger partial charge in [0.15, 0.2) is 0 Å². The molecule has 2 aromatic rings. The van der Waals surface area contributed by atoms with E-state index in [-0.39, 0.29) is 10.8 Å². The van der Waals surface area contributed by atoms with Gasteiger partial charge in [-0.05, 0) is 35.1 Å². The molecule has 4 bridgehead atoms. The zero-order chi connectivity index (χ0) is 12.5. The molecule has 0 aliphatic heterocycles. The molecule has 6 rings (SSSR count). The van der Waals surface area contributed by atoms with Crippen LogP contribution >= 0.6 is 23.2 Å². The van der Waals surface area contributed by atoms with Crippen molar-refractivity contribution in [1.82, 2.24) is 0 Å². The molecule has 0 saturated heterocycles. The summed E-state index contributed by atoms with van der Waals surface area (Å²) in [5.74, 6) is 0. The summed E-state index contributed by atoms with van der Waals surface area (Å²) in [5, 5.41) is 0.0762. The third-order valence-corrected chi connectivity index (χ3v) is 4.33. The van der Waals surface area contributed by atoms with Gasteiger partial charge in [0.05, 0.1) is 10.8 Å². The molecule has 2 atom stereocenters. The standard InChI is InChI=1S/C16H14Cl2/c17-15-9-11-1-5-13(6-2-11)16(18)10-12-3-7-14(15)8-4-12/h1-8,15-16H,9-10H2. The number of halogens is 2. The van der Waals surface area contributed by atoms with Crippen LogP contribution in [0.15, 0.2) is 48.5 Å². The second kappa shape index (κ2) is 4.95. The summed E-state index contributed by atoms with van der Waals surface area (Å²) in [5.41, 5.74) is 4.87. The summed E-state index contributed by atoms with van der Waals surface area (Å²) >= 11 is 12.9. The van der Waals surface area contributed by atoms with Gasteiger partial charge in [0.25, 0.3) is 0 Å². The van der Waals surface area contributed by atoms with E-state index in [0.717, 1.165) is 12.8 Å². The lowest BCUT2D eigenvalue weighted by Crippen LogP contribution is -2.01. The molecule has 2 aromatic carbocycles. The Hall–Kier alpha value is -0.980. The third kappa shape index (κ3) is 2.41. The summed E-state index contributed by atoms with van der Waals surface area (Å²) in [7, 11) is 0. The first-order chi connectivity index (χ1) is 8.72. The first-order valence-electron chi connectivity index (χ1n) is 6.18. The molecule has 0 amide bonds. The van der Waals surface area contributed by atoms with Gasteiger partial charge in [0.1, 0.15) is 0 Å². The van der Waals surface area contributed by atoms with Gasteiger partial charge in [0.2, 0.25) is 0 Å². The Labute approximate surface area is 118 Å². The van der Waals surface area contributed by atoms with Gasteiger partial charge >= 0.3 is 0 Å². The van der Waals surface area contributed by atoms with E-state index >= 15 is 0 Å². The highest BCUT2D eigenvalue weighted by Crippen LogP contribution is 2.30. The second-order valence-corrected chi connectivity index (χ2v) is 5.88. The summed E-state index contributed by atoms with van der Waals surface area (Å²) in [6, 6.07) is 17.0. The van der Waals surface area contributed by atoms with E-state index in [1.807, 2.05) is 0 Å². The molecule has 4 aliphatic rings. The van der Waals surface area contributed by atoms with E-state index in [2.05, 4.69) is 48.5 Å². The molecule has 0 spiro atoms. The van der Waals surface area contributed by atoms with Crippen LogP contribution in [0.4, 0.5) is 0 Å². The van der Waals surface area contributed by atoms with Crippen LogP contribution < -0.4 is 0 Å². The minimum absolute atomic E-state index is 0.0381. The molecule has 0 saturated carbocycles. The Kier molecular flexibility index (Phi) is 3.32. The van der Waals surface area contributed by atoms with Crippen LogP contribution in [0.2, 0.25) is 0 Å². The smallest absolute Gasteiger partial charge is 0.0625 e. The van der Waals surface area contributed by atoms with Gasteiger partial charge < -0.3 is 0 Å². The molecule has 18 heavy (non-hydrogen) atoms. The number of hydrogen-bond acceptors (Lipinski definition) is 0. The Morgan fingerprint density at radius 2 is 0.944 bits per heavy atom. The minimum atomic E-state index is 0.0381. The maximum absolute atomic E-state index is 6.45. The van der Waals surface area contributed by atoms with Gasteiger partial charge in [-0.2, -0.15) is 0 Å². The largest absolute Gasteiger partial charge is 0.117 e. The molecule has 92 valence electrons. The Morgan fingerprint density at radius 1 is 0.611 bits per heavy atom. The zero-order valence-corrected chi connectivity index (χ0v) is 11.5. The van der Waals surface area contributed by atoms with Crippen LogP contribution in [0, 0.1) is 0 Å². The summed E-state index contributed by atoms with van der Waals surface area (Å²) in [6.07, 6.45) is 1.71. The van der Waals surface area contributed by atoms with E-state index in [4.69, 9.17) is 23.2 Å². The molecular formula is C16H14Cl2. The Morgan fingerprint density at radius 3 is 1.28 bits per heavy atom. The molecular weight excluding hydrogens is 263 g/mol. The van der Waals surface area contributed by atoms with Crippen molar-refractivity contribution in [3.8, 4) is 0 Å². The van der Waals surface area contributed by atoms with Crippen molar-refractivity contribution >= 4 is 23.2 Å². The van der Waals surface area contributed by atoms with Crippen LogP contribution in [0.25, 0.3) is 0 Å². The predicted octanol–water partition coefficient (Wildman–Crippen LogP) is 5.05. The first-order valence-corrected chi connectivity index (χ1v) is 7.05. The van der Waals surface area contributed by atoms with Gasteiger partial charge in [-0.25, -0.2) is 0 Å². The van der Waals surface area contributed by atoms with E-state index in [0.29, 0.717) is 0 Å². The van der Waals surface area contributed by atoms with Crippen LogP contribution in [0.5, 0.6) is 0 Å². The second-order valence-electron chi connectivity index (χ2n) is 4.83. The summed E-state index contributed by atoms with van der Waals surface area (Å²) in [4.78, 5) is 0. The molecule has 4 aliphatic carbocycles. The average molecular weight is 277 g/mol. The van der Waals surface area contributed by atoms with Crippen LogP contribution in [0.1, 0.15) is 33.0 Å². The van der Waals surface area contributed by atoms with Crippen LogP contribution in [0.3, 0.4) is 0 Å². The Balaban J connectivity index is 2.05. The summed E-state index contributed by atoms with van der Waals surface area (Å²) < 4.78 is 0. The number of rotatable bonds is 0. The van der Waals surface area contributed by atoms with Crippen molar-refractivity contribution in [3.05, 3.63) is 70.8 Å². The average Bonchev–Trinajstić information content (AvgIpc) is 2.39. The topological polar surface area (TPSA) is 0 Å². The predicted molar refractivity (Wildman–Crippen MR) is 77.5 cm³/mol. The highest BCUT2D eigenvalue weighted by Gasteiger charge is 2.14. The lowest BCUT2D eigenvalue weighted by molar-refractivity contribution is 0.884. The molecule has 2 heteroatoms. The highest BCUT2D eigenvalue weighted by molar-refractivity contribution is 6.21. The fraction of sp³-hybridized carbons (Fsp3) is 0.250. The van der Waals surface area contributed by atoms with Gasteiger partial charge in [-0.1, -0.05) is 48.5 Å². The SMILES string of the molecule is ClC1Cc2ccc(cc2)C(Cl)Cc2ccc1cc2. The molecule has 0 nitrogen and oxygen atoms in total. The lowest BCUT2D eigenvalue weighted by Gasteiger charge is -2.16. The fourth-order valence-corrected chi connectivity index (χ4v) is 3.02. The van der Waals surface area contributed by atoms with E-state index in [1.54, 1.807) is 0 Å². The normalized spacial score (nSPS) is 22.6. The van der Waals surface area contributed by atoms with Gasteiger partial charge in [-0.15, -0.1) is 23.2 Å². The Bertz CT molecular complexity index is 477. The molecule has 0 radical (unpaired) electrons. The van der Waals surface area contributed by atoms with Crippen molar-refractivity contribution in [3.63, 3.8) is 0 Å². The molecule has 0 aromatic heterocycles. The van der Waals surface area contributed by atoms with Gasteiger partial charge in [0, 0.05) is 0 Å². The number of benzene rings is 2. The van der Waals surface area contributed by atoms with Gasteiger partial charge in [-0.3, -0.25) is 0 Å². The van der Waals surface area contributed by atoms with E-state index in [9.17, 15) is 0 Å². The van der Waals surface area contributed by atoms with Crippen molar-refractivity contribution in [2.45, 2.75) is 23.6 Å². The van der Waals surface area contributed by atoms with Crippen molar-refractivity contribution in [2.24, 2.45) is 0 Å². The highest BCUT2D eigenvalue weighted by atomic mass is 35.5. The zero-order valence-electron chi connectivity index (χ0n) is 9.94. The fourth-order valence-electron chi connectivity index (χ4n) is 2.37. The monoisotopic (exact) mass is 276 g/mol. The first kappa shape index (κ1) is 12.1.